The molecule has 0 aliphatic carbocycles. The van der Waals surface area contributed by atoms with Crippen LogP contribution < -0.4 is 10.0 Å². The predicted octanol–water partition coefficient (Wildman–Crippen LogP) is 2.51. The maximum atomic E-state index is 11.9. The lowest BCUT2D eigenvalue weighted by Crippen LogP contribution is -2.37. The van der Waals surface area contributed by atoms with Gasteiger partial charge in [-0.3, -0.25) is 0 Å². The Morgan fingerprint density at radius 2 is 1.95 bits per heavy atom. The van der Waals surface area contributed by atoms with Gasteiger partial charge in [-0.05, 0) is 44.2 Å². The zero-order valence-corrected chi connectivity index (χ0v) is 14.0. The van der Waals surface area contributed by atoms with Crippen LogP contribution in [0.3, 0.4) is 0 Å². The molecule has 1 fully saturated rings. The highest BCUT2D eigenvalue weighted by Gasteiger charge is 2.20. The fraction of sp³-hybridized carbons (Fsp3) is 1.00. The number of sulfonamides is 1. The van der Waals surface area contributed by atoms with E-state index in [0.29, 0.717) is 6.54 Å². The highest BCUT2D eigenvalue weighted by Crippen LogP contribution is 2.12. The first-order valence-corrected chi connectivity index (χ1v) is 9.83. The van der Waals surface area contributed by atoms with Crippen molar-refractivity contribution in [2.24, 2.45) is 11.8 Å². The Morgan fingerprint density at radius 3 is 2.60 bits per heavy atom. The van der Waals surface area contributed by atoms with Crippen molar-refractivity contribution in [1.29, 1.82) is 0 Å². The first kappa shape index (κ1) is 17.9. The lowest BCUT2D eigenvalue weighted by Gasteiger charge is -2.22. The summed E-state index contributed by atoms with van der Waals surface area (Å²) in [5, 5.41) is 3.26. The van der Waals surface area contributed by atoms with Crippen LogP contribution in [0.25, 0.3) is 0 Å². The molecule has 1 atom stereocenters. The molecule has 4 nitrogen and oxygen atoms in total. The zero-order valence-electron chi connectivity index (χ0n) is 13.2. The van der Waals surface area contributed by atoms with E-state index in [1.165, 1.54) is 19.3 Å². The molecule has 1 aliphatic heterocycles. The summed E-state index contributed by atoms with van der Waals surface area (Å²) >= 11 is 0. The second-order valence-electron chi connectivity index (χ2n) is 6.48. The molecule has 0 radical (unpaired) electrons. The van der Waals surface area contributed by atoms with Crippen molar-refractivity contribution in [2.75, 3.05) is 25.4 Å². The summed E-state index contributed by atoms with van der Waals surface area (Å²) in [6.45, 7) is 6.96. The highest BCUT2D eigenvalue weighted by molar-refractivity contribution is 7.89. The van der Waals surface area contributed by atoms with Crippen LogP contribution in [-0.2, 0) is 10.0 Å². The molecule has 5 heteroatoms. The van der Waals surface area contributed by atoms with E-state index in [1.807, 2.05) is 0 Å². The average Bonchev–Trinajstić information content (AvgIpc) is 2.37. The molecule has 1 aliphatic rings. The number of rotatable bonds is 10. The molecule has 1 rings (SSSR count). The molecular weight excluding hydrogens is 272 g/mol. The molecule has 1 unspecified atom stereocenters. The summed E-state index contributed by atoms with van der Waals surface area (Å²) in [5.74, 6) is 1.35. The smallest absolute Gasteiger partial charge is 0.211 e. The van der Waals surface area contributed by atoms with E-state index < -0.39 is 10.0 Å². The van der Waals surface area contributed by atoms with Gasteiger partial charge in [-0.25, -0.2) is 13.1 Å². The molecule has 20 heavy (non-hydrogen) atoms. The monoisotopic (exact) mass is 304 g/mol. The number of hydrogen-bond donors (Lipinski definition) is 2. The number of nitrogens with one attached hydrogen (secondary N) is 2. The van der Waals surface area contributed by atoms with Gasteiger partial charge in [0.05, 0.1) is 5.75 Å². The van der Waals surface area contributed by atoms with Crippen molar-refractivity contribution in [1.82, 2.24) is 10.0 Å². The summed E-state index contributed by atoms with van der Waals surface area (Å²) < 4.78 is 26.6. The Labute approximate surface area is 125 Å². The largest absolute Gasteiger partial charge is 0.316 e. The van der Waals surface area contributed by atoms with Gasteiger partial charge < -0.3 is 5.32 Å². The maximum absolute atomic E-state index is 11.9. The molecule has 0 saturated carbocycles. The van der Waals surface area contributed by atoms with Crippen LogP contribution in [-0.4, -0.2) is 33.8 Å². The van der Waals surface area contributed by atoms with Gasteiger partial charge in [0.2, 0.25) is 10.0 Å². The zero-order chi connectivity index (χ0) is 14.8. The molecule has 2 N–H and O–H groups in total. The van der Waals surface area contributed by atoms with E-state index in [1.54, 1.807) is 0 Å². The number of hydrogen-bond acceptors (Lipinski definition) is 3. The quantitative estimate of drug-likeness (QED) is 0.610. The van der Waals surface area contributed by atoms with Gasteiger partial charge in [-0.15, -0.1) is 0 Å². The summed E-state index contributed by atoms with van der Waals surface area (Å²) in [5.41, 5.74) is 0. The molecule has 1 heterocycles. The fourth-order valence-electron chi connectivity index (χ4n) is 2.69. The van der Waals surface area contributed by atoms with Gasteiger partial charge in [0.15, 0.2) is 0 Å². The minimum atomic E-state index is -3.08. The minimum Gasteiger partial charge on any atom is -0.316 e. The predicted molar refractivity (Wildman–Crippen MR) is 85.3 cm³/mol. The third-order valence-corrected chi connectivity index (χ3v) is 5.44. The third kappa shape index (κ3) is 8.93. The van der Waals surface area contributed by atoms with Gasteiger partial charge in [-0.1, -0.05) is 39.5 Å². The number of unbranched alkanes of at least 4 members (excludes halogenated alkanes) is 3. The van der Waals surface area contributed by atoms with E-state index in [-0.39, 0.29) is 11.7 Å². The van der Waals surface area contributed by atoms with Gasteiger partial charge in [0.25, 0.3) is 0 Å². The number of piperidine rings is 1. The summed E-state index contributed by atoms with van der Waals surface area (Å²) in [6.07, 6.45) is 7.96. The van der Waals surface area contributed by atoms with Gasteiger partial charge in [0, 0.05) is 6.54 Å². The Balaban J connectivity index is 2.04. The SMILES string of the molecule is CC(C)CCCCCCNS(=O)(=O)CC1CCCNC1. The molecule has 120 valence electrons. The Kier molecular flexibility index (Phi) is 8.73. The second kappa shape index (κ2) is 9.74. The first-order valence-electron chi connectivity index (χ1n) is 8.17. The first-order chi connectivity index (χ1) is 9.49. The molecule has 1 saturated heterocycles. The average molecular weight is 305 g/mol. The van der Waals surface area contributed by atoms with Crippen molar-refractivity contribution in [2.45, 2.75) is 58.8 Å². The van der Waals surface area contributed by atoms with E-state index >= 15 is 0 Å². The Bertz CT molecular complexity index is 336. The topological polar surface area (TPSA) is 58.2 Å². The van der Waals surface area contributed by atoms with Crippen molar-refractivity contribution >= 4 is 10.0 Å². The minimum absolute atomic E-state index is 0.285. The van der Waals surface area contributed by atoms with Crippen molar-refractivity contribution in [3.63, 3.8) is 0 Å². The molecular formula is C15H32N2O2S. The van der Waals surface area contributed by atoms with Crippen LogP contribution in [0.1, 0.15) is 58.8 Å². The Morgan fingerprint density at radius 1 is 1.20 bits per heavy atom. The van der Waals surface area contributed by atoms with Gasteiger partial charge in [-0.2, -0.15) is 0 Å². The van der Waals surface area contributed by atoms with Crippen LogP contribution in [0, 0.1) is 11.8 Å². The molecule has 0 aromatic heterocycles. The highest BCUT2D eigenvalue weighted by atomic mass is 32.2. The van der Waals surface area contributed by atoms with Gasteiger partial charge in [0.1, 0.15) is 0 Å². The fourth-order valence-corrected chi connectivity index (χ4v) is 4.17. The van der Waals surface area contributed by atoms with E-state index in [4.69, 9.17) is 0 Å². The summed E-state index contributed by atoms with van der Waals surface area (Å²) in [6, 6.07) is 0. The van der Waals surface area contributed by atoms with Crippen molar-refractivity contribution < 1.29 is 8.42 Å². The lowest BCUT2D eigenvalue weighted by atomic mass is 10.0. The van der Waals surface area contributed by atoms with Crippen LogP contribution in [0.5, 0.6) is 0 Å². The molecule has 0 spiro atoms. The normalized spacial score (nSPS) is 20.4. The standard InChI is InChI=1S/C15H32N2O2S/c1-14(2)8-5-3-4-6-11-17-20(18,19)13-15-9-7-10-16-12-15/h14-17H,3-13H2,1-2H3. The Hall–Kier alpha value is -0.130. The van der Waals surface area contributed by atoms with Crippen molar-refractivity contribution in [3.8, 4) is 0 Å². The molecule has 0 aromatic carbocycles. The second-order valence-corrected chi connectivity index (χ2v) is 8.34. The van der Waals surface area contributed by atoms with Crippen LogP contribution in [0.15, 0.2) is 0 Å². The molecule has 0 bridgehead atoms. The summed E-state index contributed by atoms with van der Waals surface area (Å²) in [7, 11) is -3.08. The lowest BCUT2D eigenvalue weighted by molar-refractivity contribution is 0.402. The van der Waals surface area contributed by atoms with Gasteiger partial charge >= 0.3 is 0 Å². The van der Waals surface area contributed by atoms with E-state index in [9.17, 15) is 8.42 Å². The maximum Gasteiger partial charge on any atom is 0.211 e. The molecule has 0 aromatic rings. The third-order valence-electron chi connectivity index (χ3n) is 3.88. The van der Waals surface area contributed by atoms with Crippen LogP contribution in [0.2, 0.25) is 0 Å². The van der Waals surface area contributed by atoms with E-state index in [0.717, 1.165) is 44.7 Å². The summed E-state index contributed by atoms with van der Waals surface area (Å²) in [4.78, 5) is 0. The molecule has 0 amide bonds. The van der Waals surface area contributed by atoms with Crippen molar-refractivity contribution in [3.05, 3.63) is 0 Å². The van der Waals surface area contributed by atoms with Crippen LogP contribution >= 0.6 is 0 Å². The van der Waals surface area contributed by atoms with E-state index in [2.05, 4.69) is 23.9 Å². The van der Waals surface area contributed by atoms with Crippen LogP contribution in [0.4, 0.5) is 0 Å².